The van der Waals surface area contributed by atoms with Crippen molar-refractivity contribution < 1.29 is 9.59 Å². The van der Waals surface area contributed by atoms with Crippen molar-refractivity contribution >= 4 is 24.2 Å². The average Bonchev–Trinajstić information content (AvgIpc) is 3.14. The third kappa shape index (κ3) is 7.50. The highest BCUT2D eigenvalue weighted by Gasteiger charge is 2.28. The fourth-order valence-corrected chi connectivity index (χ4v) is 1.59. The summed E-state index contributed by atoms with van der Waals surface area (Å²) < 4.78 is 0. The largest absolute Gasteiger partial charge is 0.356 e. The van der Waals surface area contributed by atoms with Crippen LogP contribution in [0.15, 0.2) is 0 Å². The van der Waals surface area contributed by atoms with Gasteiger partial charge in [-0.25, -0.2) is 0 Å². The smallest absolute Gasteiger partial charge is 0.220 e. The molecule has 1 atom stereocenters. The van der Waals surface area contributed by atoms with Gasteiger partial charge >= 0.3 is 0 Å². The Morgan fingerprint density at radius 1 is 1.22 bits per heavy atom. The van der Waals surface area contributed by atoms with Crippen LogP contribution in [-0.4, -0.2) is 30.9 Å². The lowest BCUT2D eigenvalue weighted by Gasteiger charge is -2.11. The van der Waals surface area contributed by atoms with Gasteiger partial charge in [0, 0.05) is 32.0 Å². The van der Waals surface area contributed by atoms with E-state index in [1.807, 2.05) is 6.92 Å². The van der Waals surface area contributed by atoms with E-state index in [1.54, 1.807) is 0 Å². The minimum Gasteiger partial charge on any atom is -0.356 e. The average molecular weight is 278 g/mol. The first-order chi connectivity index (χ1) is 8.13. The van der Waals surface area contributed by atoms with Crippen molar-refractivity contribution in [3.8, 4) is 0 Å². The number of carbonyl (C=O) groups excluding carboxylic acids is 2. The predicted octanol–water partition coefficient (Wildman–Crippen LogP) is 0.568. The Morgan fingerprint density at radius 3 is 2.28 bits per heavy atom. The molecule has 0 spiro atoms. The Hall–Kier alpha value is -0.810. The number of hydrogen-bond acceptors (Lipinski definition) is 3. The molecule has 0 aliphatic heterocycles. The van der Waals surface area contributed by atoms with Crippen molar-refractivity contribution in [1.29, 1.82) is 0 Å². The van der Waals surface area contributed by atoms with Crippen molar-refractivity contribution in [1.82, 2.24) is 10.6 Å². The van der Waals surface area contributed by atoms with Gasteiger partial charge in [0.15, 0.2) is 0 Å². The summed E-state index contributed by atoms with van der Waals surface area (Å²) in [5.41, 5.74) is 5.85. The predicted molar refractivity (Wildman–Crippen MR) is 73.5 cm³/mol. The number of halogens is 1. The molecule has 0 heterocycles. The van der Waals surface area contributed by atoms with E-state index in [1.165, 1.54) is 12.8 Å². The maximum absolute atomic E-state index is 11.4. The zero-order chi connectivity index (χ0) is 12.7. The molecule has 1 aliphatic carbocycles. The van der Waals surface area contributed by atoms with Crippen LogP contribution >= 0.6 is 12.4 Å². The van der Waals surface area contributed by atoms with E-state index < -0.39 is 0 Å². The fraction of sp³-hybridized carbons (Fsp3) is 0.833. The molecular formula is C12H24ClN3O2. The van der Waals surface area contributed by atoms with Crippen LogP contribution in [-0.2, 0) is 9.59 Å². The molecule has 0 aromatic carbocycles. The molecule has 106 valence electrons. The lowest BCUT2D eigenvalue weighted by Crippen LogP contribution is -2.38. The molecule has 1 aliphatic rings. The topological polar surface area (TPSA) is 84.2 Å². The van der Waals surface area contributed by atoms with Crippen LogP contribution < -0.4 is 16.4 Å². The number of rotatable bonds is 8. The summed E-state index contributed by atoms with van der Waals surface area (Å²) in [7, 11) is 0. The summed E-state index contributed by atoms with van der Waals surface area (Å²) >= 11 is 0. The first-order valence-corrected chi connectivity index (χ1v) is 6.42. The molecule has 1 rings (SSSR count). The Labute approximate surface area is 115 Å². The van der Waals surface area contributed by atoms with Gasteiger partial charge in [0.1, 0.15) is 0 Å². The monoisotopic (exact) mass is 277 g/mol. The number of nitrogens with one attached hydrogen (secondary N) is 2. The number of hydrogen-bond donors (Lipinski definition) is 3. The Morgan fingerprint density at radius 2 is 1.78 bits per heavy atom. The lowest BCUT2D eigenvalue weighted by molar-refractivity contribution is -0.126. The molecule has 0 radical (unpaired) electrons. The molecule has 1 unspecified atom stereocenters. The SMILES string of the molecule is CCCNC(=O)CCC(=O)NCC(N)C1CC1.Cl. The normalized spacial score (nSPS) is 15.4. The maximum Gasteiger partial charge on any atom is 0.220 e. The molecule has 2 amide bonds. The number of nitrogens with two attached hydrogens (primary N) is 1. The Balaban J connectivity index is 0.00000289. The van der Waals surface area contributed by atoms with Crippen molar-refractivity contribution in [3.05, 3.63) is 0 Å². The van der Waals surface area contributed by atoms with E-state index in [4.69, 9.17) is 5.73 Å². The van der Waals surface area contributed by atoms with Crippen LogP contribution in [0.1, 0.15) is 39.0 Å². The molecule has 4 N–H and O–H groups in total. The minimum atomic E-state index is -0.0900. The molecule has 18 heavy (non-hydrogen) atoms. The molecule has 0 saturated heterocycles. The van der Waals surface area contributed by atoms with Crippen LogP contribution in [0.2, 0.25) is 0 Å². The van der Waals surface area contributed by atoms with E-state index in [-0.39, 0.29) is 43.1 Å². The molecule has 6 heteroatoms. The fourth-order valence-electron chi connectivity index (χ4n) is 1.59. The van der Waals surface area contributed by atoms with E-state index in [9.17, 15) is 9.59 Å². The van der Waals surface area contributed by atoms with Crippen molar-refractivity contribution in [2.45, 2.75) is 45.1 Å². The summed E-state index contributed by atoms with van der Waals surface area (Å²) in [5.74, 6) is 0.435. The molecule has 0 aromatic heterocycles. The molecular weight excluding hydrogens is 254 g/mol. The first kappa shape index (κ1) is 17.2. The van der Waals surface area contributed by atoms with Crippen molar-refractivity contribution in [2.24, 2.45) is 11.7 Å². The quantitative estimate of drug-likeness (QED) is 0.606. The minimum absolute atomic E-state index is 0. The van der Waals surface area contributed by atoms with E-state index in [0.29, 0.717) is 19.0 Å². The highest BCUT2D eigenvalue weighted by atomic mass is 35.5. The standard InChI is InChI=1S/C12H23N3O2.ClH/c1-2-7-14-11(16)5-6-12(17)15-8-10(13)9-3-4-9;/h9-10H,2-8,13H2,1H3,(H,14,16)(H,15,17);1H. The second-order valence-corrected chi connectivity index (χ2v) is 4.66. The van der Waals surface area contributed by atoms with Gasteiger partial charge in [-0.05, 0) is 25.2 Å². The summed E-state index contributed by atoms with van der Waals surface area (Å²) in [6.07, 6.45) is 3.76. The summed E-state index contributed by atoms with van der Waals surface area (Å²) in [4.78, 5) is 22.7. The highest BCUT2D eigenvalue weighted by molar-refractivity contribution is 5.85. The third-order valence-corrected chi connectivity index (χ3v) is 2.91. The van der Waals surface area contributed by atoms with Gasteiger partial charge in [0.25, 0.3) is 0 Å². The second kappa shape index (κ2) is 9.16. The van der Waals surface area contributed by atoms with Crippen LogP contribution in [0.5, 0.6) is 0 Å². The molecule has 1 saturated carbocycles. The maximum atomic E-state index is 11.4. The van der Waals surface area contributed by atoms with Crippen LogP contribution in [0.3, 0.4) is 0 Å². The third-order valence-electron chi connectivity index (χ3n) is 2.91. The van der Waals surface area contributed by atoms with E-state index in [0.717, 1.165) is 6.42 Å². The highest BCUT2D eigenvalue weighted by Crippen LogP contribution is 2.31. The zero-order valence-corrected chi connectivity index (χ0v) is 11.7. The van der Waals surface area contributed by atoms with Gasteiger partial charge in [0.05, 0.1) is 0 Å². The first-order valence-electron chi connectivity index (χ1n) is 6.42. The van der Waals surface area contributed by atoms with Gasteiger partial charge in [-0.15, -0.1) is 12.4 Å². The van der Waals surface area contributed by atoms with Crippen LogP contribution in [0, 0.1) is 5.92 Å². The number of amides is 2. The van der Waals surface area contributed by atoms with Crippen molar-refractivity contribution in [2.75, 3.05) is 13.1 Å². The molecule has 5 nitrogen and oxygen atoms in total. The van der Waals surface area contributed by atoms with E-state index >= 15 is 0 Å². The second-order valence-electron chi connectivity index (χ2n) is 4.66. The molecule has 0 bridgehead atoms. The van der Waals surface area contributed by atoms with Gasteiger partial charge in [-0.1, -0.05) is 6.92 Å². The van der Waals surface area contributed by atoms with Gasteiger partial charge in [-0.2, -0.15) is 0 Å². The van der Waals surface area contributed by atoms with Gasteiger partial charge in [0.2, 0.25) is 11.8 Å². The number of carbonyl (C=O) groups is 2. The Bertz CT molecular complexity index is 270. The van der Waals surface area contributed by atoms with Crippen LogP contribution in [0.25, 0.3) is 0 Å². The summed E-state index contributed by atoms with van der Waals surface area (Å²) in [5, 5.41) is 5.51. The Kier molecular flexibility index (Phi) is 8.75. The van der Waals surface area contributed by atoms with Crippen molar-refractivity contribution in [3.63, 3.8) is 0 Å². The molecule has 0 aromatic rings. The summed E-state index contributed by atoms with van der Waals surface area (Å²) in [6.45, 7) is 3.19. The lowest BCUT2D eigenvalue weighted by atomic mass is 10.2. The van der Waals surface area contributed by atoms with Gasteiger partial charge < -0.3 is 16.4 Å². The summed E-state index contributed by atoms with van der Waals surface area (Å²) in [6, 6.07) is 0.0767. The van der Waals surface area contributed by atoms with Crippen LogP contribution in [0.4, 0.5) is 0 Å². The van der Waals surface area contributed by atoms with Gasteiger partial charge in [-0.3, -0.25) is 9.59 Å². The van der Waals surface area contributed by atoms with E-state index in [2.05, 4.69) is 10.6 Å². The molecule has 1 fully saturated rings. The zero-order valence-electron chi connectivity index (χ0n) is 10.9.